The Morgan fingerprint density at radius 3 is 2.89 bits per heavy atom. The van der Waals surface area contributed by atoms with Crippen LogP contribution < -0.4 is 11.1 Å². The van der Waals surface area contributed by atoms with E-state index < -0.39 is 5.76 Å². The van der Waals surface area contributed by atoms with E-state index in [9.17, 15) is 9.90 Å². The summed E-state index contributed by atoms with van der Waals surface area (Å²) in [6.07, 6.45) is 0.872. The highest BCUT2D eigenvalue weighted by molar-refractivity contribution is 5.72. The van der Waals surface area contributed by atoms with Crippen LogP contribution in [-0.2, 0) is 0 Å². The number of aliphatic hydroxyl groups is 1. The van der Waals surface area contributed by atoms with Crippen molar-refractivity contribution >= 4 is 11.1 Å². The summed E-state index contributed by atoms with van der Waals surface area (Å²) in [6.45, 7) is 2.16. The molecule has 0 aliphatic rings. The standard InChI is InChI=1S/C13H18N2O3/c1-3-8(7-16)12(14-2)9-4-5-10-11(6-9)18-13(17)15-10/h4-6,8,12,14,16H,3,7H2,1-2H3,(H,15,17). The lowest BCUT2D eigenvalue weighted by Crippen LogP contribution is -2.27. The zero-order valence-electron chi connectivity index (χ0n) is 10.6. The van der Waals surface area contributed by atoms with Crippen molar-refractivity contribution in [1.82, 2.24) is 10.3 Å². The summed E-state index contributed by atoms with van der Waals surface area (Å²) in [4.78, 5) is 13.7. The Balaban J connectivity index is 2.41. The minimum Gasteiger partial charge on any atom is -0.408 e. The number of H-pyrrole nitrogens is 1. The maximum Gasteiger partial charge on any atom is 0.417 e. The van der Waals surface area contributed by atoms with Gasteiger partial charge < -0.3 is 14.8 Å². The van der Waals surface area contributed by atoms with E-state index in [2.05, 4.69) is 10.3 Å². The van der Waals surface area contributed by atoms with Crippen LogP contribution in [0.25, 0.3) is 11.1 Å². The smallest absolute Gasteiger partial charge is 0.408 e. The van der Waals surface area contributed by atoms with E-state index in [0.29, 0.717) is 11.1 Å². The van der Waals surface area contributed by atoms with Crippen LogP contribution in [0, 0.1) is 5.92 Å². The van der Waals surface area contributed by atoms with Crippen molar-refractivity contribution in [3.63, 3.8) is 0 Å². The summed E-state index contributed by atoms with van der Waals surface area (Å²) in [5, 5.41) is 12.6. The molecule has 1 heterocycles. The van der Waals surface area contributed by atoms with Gasteiger partial charge in [-0.3, -0.25) is 4.98 Å². The van der Waals surface area contributed by atoms with E-state index >= 15 is 0 Å². The van der Waals surface area contributed by atoms with Gasteiger partial charge in [0.15, 0.2) is 5.58 Å². The predicted molar refractivity (Wildman–Crippen MR) is 69.5 cm³/mol. The first-order valence-electron chi connectivity index (χ1n) is 6.10. The number of aromatic amines is 1. The van der Waals surface area contributed by atoms with E-state index in [1.54, 1.807) is 0 Å². The van der Waals surface area contributed by atoms with Gasteiger partial charge in [-0.25, -0.2) is 4.79 Å². The number of aliphatic hydroxyl groups excluding tert-OH is 1. The van der Waals surface area contributed by atoms with Crippen molar-refractivity contribution in [2.24, 2.45) is 5.92 Å². The Morgan fingerprint density at radius 1 is 1.50 bits per heavy atom. The minimum absolute atomic E-state index is 0.0459. The number of aromatic nitrogens is 1. The van der Waals surface area contributed by atoms with Crippen molar-refractivity contribution in [2.45, 2.75) is 19.4 Å². The molecule has 2 unspecified atom stereocenters. The molecule has 98 valence electrons. The molecular weight excluding hydrogens is 232 g/mol. The van der Waals surface area contributed by atoms with Crippen LogP contribution >= 0.6 is 0 Å². The number of benzene rings is 1. The van der Waals surface area contributed by atoms with E-state index in [1.165, 1.54) is 0 Å². The summed E-state index contributed by atoms with van der Waals surface area (Å²) in [5.41, 5.74) is 2.25. The molecule has 0 amide bonds. The van der Waals surface area contributed by atoms with Gasteiger partial charge in [0.05, 0.1) is 5.52 Å². The highest BCUT2D eigenvalue weighted by Crippen LogP contribution is 2.26. The van der Waals surface area contributed by atoms with Crippen molar-refractivity contribution < 1.29 is 9.52 Å². The van der Waals surface area contributed by atoms with E-state index in [0.717, 1.165) is 12.0 Å². The van der Waals surface area contributed by atoms with Crippen LogP contribution in [0.3, 0.4) is 0 Å². The number of hydrogen-bond acceptors (Lipinski definition) is 4. The van der Waals surface area contributed by atoms with E-state index in [-0.39, 0.29) is 18.6 Å². The third-order valence-electron chi connectivity index (χ3n) is 3.35. The fraction of sp³-hybridized carbons (Fsp3) is 0.462. The van der Waals surface area contributed by atoms with Gasteiger partial charge >= 0.3 is 5.76 Å². The number of rotatable bonds is 5. The normalized spacial score (nSPS) is 14.8. The lowest BCUT2D eigenvalue weighted by atomic mass is 9.91. The molecular formula is C13H18N2O3. The summed E-state index contributed by atoms with van der Waals surface area (Å²) in [6, 6.07) is 5.65. The fourth-order valence-corrected chi connectivity index (χ4v) is 2.30. The highest BCUT2D eigenvalue weighted by Gasteiger charge is 2.20. The second kappa shape index (κ2) is 5.37. The Hall–Kier alpha value is -1.59. The minimum atomic E-state index is -0.447. The summed E-state index contributed by atoms with van der Waals surface area (Å²) >= 11 is 0. The average Bonchev–Trinajstić information content (AvgIpc) is 2.74. The van der Waals surface area contributed by atoms with E-state index in [1.807, 2.05) is 32.2 Å². The summed E-state index contributed by atoms with van der Waals surface area (Å²) in [7, 11) is 1.86. The lowest BCUT2D eigenvalue weighted by Gasteiger charge is -2.24. The Morgan fingerprint density at radius 2 is 2.28 bits per heavy atom. The number of hydrogen-bond donors (Lipinski definition) is 3. The van der Waals surface area contributed by atoms with Gasteiger partial charge in [0.25, 0.3) is 0 Å². The van der Waals surface area contributed by atoms with Crippen LogP contribution in [-0.4, -0.2) is 23.7 Å². The van der Waals surface area contributed by atoms with Crippen molar-refractivity contribution in [3.05, 3.63) is 34.3 Å². The molecule has 18 heavy (non-hydrogen) atoms. The molecule has 5 nitrogen and oxygen atoms in total. The molecule has 2 rings (SSSR count). The van der Waals surface area contributed by atoms with Gasteiger partial charge in [0.2, 0.25) is 0 Å². The molecule has 2 aromatic rings. The Labute approximate surface area is 105 Å². The topological polar surface area (TPSA) is 78.3 Å². The highest BCUT2D eigenvalue weighted by atomic mass is 16.4. The molecule has 0 aliphatic heterocycles. The molecule has 1 aromatic heterocycles. The second-order valence-corrected chi connectivity index (χ2v) is 4.39. The Bertz CT molecular complexity index is 569. The molecule has 0 saturated carbocycles. The van der Waals surface area contributed by atoms with E-state index in [4.69, 9.17) is 4.42 Å². The molecule has 0 fully saturated rings. The van der Waals surface area contributed by atoms with Crippen LogP contribution in [0.5, 0.6) is 0 Å². The molecule has 1 aromatic carbocycles. The van der Waals surface area contributed by atoms with Crippen LogP contribution in [0.1, 0.15) is 24.9 Å². The summed E-state index contributed by atoms with van der Waals surface area (Å²) < 4.78 is 5.05. The molecule has 5 heteroatoms. The number of fused-ring (bicyclic) bond motifs is 1. The first-order valence-corrected chi connectivity index (χ1v) is 6.10. The largest absolute Gasteiger partial charge is 0.417 e. The number of oxazole rings is 1. The van der Waals surface area contributed by atoms with Crippen LogP contribution in [0.2, 0.25) is 0 Å². The maximum atomic E-state index is 11.1. The molecule has 2 atom stereocenters. The molecule has 3 N–H and O–H groups in total. The zero-order valence-corrected chi connectivity index (χ0v) is 10.6. The van der Waals surface area contributed by atoms with Crippen LogP contribution in [0.4, 0.5) is 0 Å². The maximum absolute atomic E-state index is 11.1. The fourth-order valence-electron chi connectivity index (χ4n) is 2.30. The first kappa shape index (κ1) is 12.9. The third-order valence-corrected chi connectivity index (χ3v) is 3.35. The third kappa shape index (κ3) is 2.32. The van der Waals surface area contributed by atoms with Gasteiger partial charge in [-0.15, -0.1) is 0 Å². The van der Waals surface area contributed by atoms with Crippen molar-refractivity contribution in [2.75, 3.05) is 13.7 Å². The summed E-state index contributed by atoms with van der Waals surface area (Å²) in [5.74, 6) is -0.310. The number of nitrogens with one attached hydrogen (secondary N) is 2. The molecule has 0 radical (unpaired) electrons. The SMILES string of the molecule is CCC(CO)C(NC)c1ccc2[nH]c(=O)oc2c1. The quantitative estimate of drug-likeness (QED) is 0.749. The first-order chi connectivity index (χ1) is 8.69. The van der Waals surface area contributed by atoms with Gasteiger partial charge in [-0.1, -0.05) is 13.0 Å². The van der Waals surface area contributed by atoms with Crippen LogP contribution in [0.15, 0.2) is 27.4 Å². The second-order valence-electron chi connectivity index (χ2n) is 4.39. The van der Waals surface area contributed by atoms with Gasteiger partial charge in [0, 0.05) is 18.6 Å². The lowest BCUT2D eigenvalue weighted by molar-refractivity contribution is 0.189. The van der Waals surface area contributed by atoms with Gasteiger partial charge in [-0.05, 0) is 31.2 Å². The average molecular weight is 250 g/mol. The van der Waals surface area contributed by atoms with Gasteiger partial charge in [0.1, 0.15) is 0 Å². The van der Waals surface area contributed by atoms with Gasteiger partial charge in [-0.2, -0.15) is 0 Å². The molecule has 0 saturated heterocycles. The molecule has 0 aliphatic carbocycles. The predicted octanol–water partition coefficient (Wildman–Crippen LogP) is 1.40. The van der Waals surface area contributed by atoms with Crippen molar-refractivity contribution in [3.8, 4) is 0 Å². The molecule has 0 spiro atoms. The molecule has 0 bridgehead atoms. The van der Waals surface area contributed by atoms with Crippen molar-refractivity contribution in [1.29, 1.82) is 0 Å². The Kier molecular flexibility index (Phi) is 3.84. The zero-order chi connectivity index (χ0) is 13.1. The monoisotopic (exact) mass is 250 g/mol.